The van der Waals surface area contributed by atoms with Crippen LogP contribution in [0.15, 0.2) is 58.2 Å². The van der Waals surface area contributed by atoms with E-state index in [9.17, 15) is 9.59 Å². The molecule has 3 heteroatoms. The molecule has 0 fully saturated rings. The fourth-order valence-corrected chi connectivity index (χ4v) is 4.08. The fraction of sp³-hybridized carbons (Fsp3) is 0.636. The van der Waals surface area contributed by atoms with Crippen molar-refractivity contribution in [2.24, 2.45) is 0 Å². The lowest BCUT2D eigenvalue weighted by Gasteiger charge is -2.20. The molecule has 0 radical (unpaired) electrons. The number of likely N-dealkylation sites (N-methyl/N-ethyl adjacent to an activating group) is 1. The number of hydrogen-bond acceptors (Lipinski definition) is 2. The van der Waals surface area contributed by atoms with E-state index in [0.717, 1.165) is 70.9 Å². The molecule has 0 aromatic heterocycles. The van der Waals surface area contributed by atoms with E-state index in [0.29, 0.717) is 12.8 Å². The average molecular weight is 498 g/mol. The number of nitrogens with zero attached hydrogens (tertiary/aromatic N) is 1. The zero-order valence-corrected chi connectivity index (χ0v) is 24.8. The van der Waals surface area contributed by atoms with Crippen LogP contribution in [0.5, 0.6) is 0 Å². The van der Waals surface area contributed by atoms with Crippen LogP contribution in [0.1, 0.15) is 126 Å². The Hall–Kier alpha value is -2.16. The highest BCUT2D eigenvalue weighted by molar-refractivity contribution is 5.76. The van der Waals surface area contributed by atoms with E-state index in [1.54, 1.807) is 6.92 Å². The van der Waals surface area contributed by atoms with Crippen molar-refractivity contribution in [3.63, 3.8) is 0 Å². The molecular weight excluding hydrogens is 442 g/mol. The molecule has 0 aromatic carbocycles. The quantitative estimate of drug-likeness (QED) is 0.167. The van der Waals surface area contributed by atoms with E-state index in [2.05, 4.69) is 65.0 Å². The van der Waals surface area contributed by atoms with Gasteiger partial charge >= 0.3 is 0 Å². The fourth-order valence-electron chi connectivity index (χ4n) is 4.08. The largest absolute Gasteiger partial charge is 0.339 e. The minimum absolute atomic E-state index is 0.233. The summed E-state index contributed by atoms with van der Waals surface area (Å²) in [6.07, 6.45) is 22.5. The molecule has 0 aliphatic heterocycles. The summed E-state index contributed by atoms with van der Waals surface area (Å²) in [7, 11) is 0. The van der Waals surface area contributed by atoms with E-state index in [1.165, 1.54) is 27.9 Å². The summed E-state index contributed by atoms with van der Waals surface area (Å²) in [4.78, 5) is 24.9. The molecule has 0 saturated heterocycles. The standard InChI is InChI=1S/C33H55NO2/c1-9-33(36)34(10-2)26-31(7)24-14-22-29(5)20-12-18-27(3)16-11-17-28(4)19-13-21-30(6)23-15-25-32(8)35/h16,19-20,23-24H,9-15,17-18,21-22,25-26H2,1-8H3. The van der Waals surface area contributed by atoms with Gasteiger partial charge in [0.2, 0.25) is 5.91 Å². The summed E-state index contributed by atoms with van der Waals surface area (Å²) in [5, 5.41) is 0. The van der Waals surface area contributed by atoms with E-state index in [-0.39, 0.29) is 11.7 Å². The molecule has 36 heavy (non-hydrogen) atoms. The summed E-state index contributed by atoms with van der Waals surface area (Å²) in [5.41, 5.74) is 7.07. The van der Waals surface area contributed by atoms with Gasteiger partial charge in [-0.25, -0.2) is 0 Å². The van der Waals surface area contributed by atoms with Gasteiger partial charge in [-0.05, 0) is 106 Å². The van der Waals surface area contributed by atoms with Crippen molar-refractivity contribution in [1.82, 2.24) is 4.90 Å². The molecule has 0 atom stereocenters. The zero-order valence-electron chi connectivity index (χ0n) is 24.8. The lowest BCUT2D eigenvalue weighted by molar-refractivity contribution is -0.130. The van der Waals surface area contributed by atoms with Crippen LogP contribution in [0.25, 0.3) is 0 Å². The molecule has 3 nitrogen and oxygen atoms in total. The molecule has 1 amide bonds. The molecular formula is C33H55NO2. The Kier molecular flexibility index (Phi) is 19.7. The van der Waals surface area contributed by atoms with Crippen LogP contribution in [0.4, 0.5) is 0 Å². The zero-order chi connectivity index (χ0) is 27.3. The van der Waals surface area contributed by atoms with E-state index in [4.69, 9.17) is 0 Å². The van der Waals surface area contributed by atoms with Crippen molar-refractivity contribution in [3.8, 4) is 0 Å². The second-order valence-corrected chi connectivity index (χ2v) is 10.4. The van der Waals surface area contributed by atoms with Crippen molar-refractivity contribution in [2.45, 2.75) is 126 Å². The maximum Gasteiger partial charge on any atom is 0.222 e. The average Bonchev–Trinajstić information content (AvgIpc) is 2.81. The molecule has 0 rings (SSSR count). The normalized spacial score (nSPS) is 13.8. The first kappa shape index (κ1) is 33.8. The van der Waals surface area contributed by atoms with Crippen molar-refractivity contribution in [1.29, 1.82) is 0 Å². The van der Waals surface area contributed by atoms with Gasteiger partial charge in [-0.2, -0.15) is 0 Å². The maximum atomic E-state index is 11.9. The van der Waals surface area contributed by atoms with Gasteiger partial charge in [0.05, 0.1) is 0 Å². The highest BCUT2D eigenvalue weighted by atomic mass is 16.2. The van der Waals surface area contributed by atoms with E-state index < -0.39 is 0 Å². The van der Waals surface area contributed by atoms with Crippen LogP contribution in [0.2, 0.25) is 0 Å². The van der Waals surface area contributed by atoms with E-state index >= 15 is 0 Å². The number of ketones is 1. The first-order valence-electron chi connectivity index (χ1n) is 14.1. The SMILES string of the molecule is CCC(=O)N(CC)CC(C)=CCCC(C)=CCCC(C)=CCCC(C)=CCCC(C)=CCCC(C)=O. The lowest BCUT2D eigenvalue weighted by Crippen LogP contribution is -2.31. The Balaban J connectivity index is 4.23. The molecule has 0 saturated carbocycles. The number of allylic oxidation sites excluding steroid dienone is 9. The topological polar surface area (TPSA) is 37.4 Å². The molecule has 0 N–H and O–H groups in total. The monoisotopic (exact) mass is 497 g/mol. The molecule has 0 bridgehead atoms. The second kappa shape index (κ2) is 21.0. The van der Waals surface area contributed by atoms with Gasteiger partial charge in [0.25, 0.3) is 0 Å². The van der Waals surface area contributed by atoms with Gasteiger partial charge in [-0.1, -0.05) is 65.2 Å². The number of amides is 1. The molecule has 0 aliphatic rings. The first-order valence-corrected chi connectivity index (χ1v) is 14.1. The van der Waals surface area contributed by atoms with Crippen LogP contribution >= 0.6 is 0 Å². The number of Topliss-reactive ketones (excluding diaryl/α,β-unsaturated/α-hetero) is 1. The third kappa shape index (κ3) is 19.1. The molecule has 204 valence electrons. The Morgan fingerprint density at radius 3 is 1.17 bits per heavy atom. The highest BCUT2D eigenvalue weighted by Crippen LogP contribution is 2.15. The summed E-state index contributed by atoms with van der Waals surface area (Å²) in [5.74, 6) is 0.501. The Labute approximate surface area is 223 Å². The lowest BCUT2D eigenvalue weighted by atomic mass is 10.0. The van der Waals surface area contributed by atoms with Crippen molar-refractivity contribution in [2.75, 3.05) is 13.1 Å². The number of carbonyl (C=O) groups is 2. The smallest absolute Gasteiger partial charge is 0.222 e. The van der Waals surface area contributed by atoms with Crippen LogP contribution in [-0.2, 0) is 9.59 Å². The Bertz CT molecular complexity index is 808. The number of rotatable bonds is 19. The Morgan fingerprint density at radius 2 is 0.861 bits per heavy atom. The maximum absolute atomic E-state index is 11.9. The number of carbonyl (C=O) groups excluding carboxylic acids is 2. The van der Waals surface area contributed by atoms with Crippen LogP contribution in [-0.4, -0.2) is 29.7 Å². The molecule has 0 spiro atoms. The van der Waals surface area contributed by atoms with Crippen molar-refractivity contribution >= 4 is 11.7 Å². The van der Waals surface area contributed by atoms with Crippen LogP contribution < -0.4 is 0 Å². The second-order valence-electron chi connectivity index (χ2n) is 10.4. The van der Waals surface area contributed by atoms with Gasteiger partial charge in [0.15, 0.2) is 0 Å². The van der Waals surface area contributed by atoms with Crippen molar-refractivity contribution in [3.05, 3.63) is 58.2 Å². The third-order valence-electron chi connectivity index (χ3n) is 6.59. The van der Waals surface area contributed by atoms with Gasteiger partial charge in [0.1, 0.15) is 5.78 Å². The third-order valence-corrected chi connectivity index (χ3v) is 6.59. The molecule has 0 heterocycles. The summed E-state index contributed by atoms with van der Waals surface area (Å²) >= 11 is 0. The first-order chi connectivity index (χ1) is 17.1. The van der Waals surface area contributed by atoms with Crippen molar-refractivity contribution < 1.29 is 9.59 Å². The summed E-state index contributed by atoms with van der Waals surface area (Å²) in [6.45, 7) is 18.2. The van der Waals surface area contributed by atoms with Gasteiger partial charge in [-0.15, -0.1) is 0 Å². The van der Waals surface area contributed by atoms with E-state index in [1.807, 2.05) is 18.7 Å². The number of hydrogen-bond donors (Lipinski definition) is 0. The molecule has 0 aliphatic carbocycles. The summed E-state index contributed by atoms with van der Waals surface area (Å²) < 4.78 is 0. The van der Waals surface area contributed by atoms with Gasteiger partial charge in [-0.3, -0.25) is 4.79 Å². The minimum atomic E-state index is 0.233. The van der Waals surface area contributed by atoms with Gasteiger partial charge < -0.3 is 9.69 Å². The minimum Gasteiger partial charge on any atom is -0.339 e. The van der Waals surface area contributed by atoms with Crippen LogP contribution in [0.3, 0.4) is 0 Å². The highest BCUT2D eigenvalue weighted by Gasteiger charge is 2.08. The Morgan fingerprint density at radius 1 is 0.528 bits per heavy atom. The molecule has 0 aromatic rings. The van der Waals surface area contributed by atoms with Gasteiger partial charge in [0, 0.05) is 25.9 Å². The van der Waals surface area contributed by atoms with Crippen LogP contribution in [0, 0.1) is 0 Å². The molecule has 0 unspecified atom stereocenters. The predicted molar refractivity (Wildman–Crippen MR) is 158 cm³/mol. The summed E-state index contributed by atoms with van der Waals surface area (Å²) in [6, 6.07) is 0. The predicted octanol–water partition coefficient (Wildman–Crippen LogP) is 9.47.